The summed E-state index contributed by atoms with van der Waals surface area (Å²) in [5.74, 6) is 0.847. The fraction of sp³-hybridized carbons (Fsp3) is 0.750. The highest BCUT2D eigenvalue weighted by atomic mass is 19.4. The van der Waals surface area contributed by atoms with Crippen LogP contribution < -0.4 is 16.0 Å². The van der Waals surface area contributed by atoms with Crippen molar-refractivity contribution in [3.8, 4) is 0 Å². The van der Waals surface area contributed by atoms with E-state index < -0.39 is 24.8 Å². The number of carbonyl (C=O) groups is 1. The van der Waals surface area contributed by atoms with Gasteiger partial charge in [-0.1, -0.05) is 13.8 Å². The maximum Gasteiger partial charge on any atom is 0.405 e. The number of nitrogens with zero attached hydrogens (tertiary/aromatic N) is 3. The number of alkyl halides is 3. The van der Waals surface area contributed by atoms with E-state index in [9.17, 15) is 18.0 Å². The Morgan fingerprint density at radius 2 is 2.04 bits per heavy atom. The van der Waals surface area contributed by atoms with E-state index in [1.165, 1.54) is 4.90 Å². The molecule has 0 spiro atoms. The Kier molecular flexibility index (Phi) is 7.27. The molecule has 0 saturated carbocycles. The van der Waals surface area contributed by atoms with Crippen molar-refractivity contribution in [2.24, 2.45) is 5.92 Å². The molecule has 1 unspecified atom stereocenters. The van der Waals surface area contributed by atoms with Gasteiger partial charge in [-0.3, -0.25) is 14.9 Å². The van der Waals surface area contributed by atoms with Crippen molar-refractivity contribution in [2.45, 2.75) is 39.0 Å². The Balaban J connectivity index is 1.84. The second kappa shape index (κ2) is 9.22. The maximum atomic E-state index is 13.3. The van der Waals surface area contributed by atoms with E-state index in [1.807, 2.05) is 0 Å². The number of halogens is 3. The SMILES string of the molecule is CC(C)CCn1ccc(NC(=O)NCC(N2CCNCC2)C(F)(F)F)n1. The van der Waals surface area contributed by atoms with Crippen LogP contribution in [0, 0.1) is 5.92 Å². The smallest absolute Gasteiger partial charge is 0.336 e. The Hall–Kier alpha value is -1.81. The van der Waals surface area contributed by atoms with Gasteiger partial charge in [-0.15, -0.1) is 0 Å². The lowest BCUT2D eigenvalue weighted by atomic mass is 10.1. The molecule has 3 N–H and O–H groups in total. The predicted molar refractivity (Wildman–Crippen MR) is 93.0 cm³/mol. The number of rotatable bonds is 7. The molecule has 1 aromatic rings. The quantitative estimate of drug-likeness (QED) is 0.679. The molecule has 7 nitrogen and oxygen atoms in total. The molecule has 1 aromatic heterocycles. The van der Waals surface area contributed by atoms with Crippen LogP contribution in [0.5, 0.6) is 0 Å². The van der Waals surface area contributed by atoms with Crippen molar-refractivity contribution in [2.75, 3.05) is 38.0 Å². The maximum absolute atomic E-state index is 13.3. The Morgan fingerprint density at radius 1 is 1.35 bits per heavy atom. The normalized spacial score (nSPS) is 17.3. The minimum atomic E-state index is -4.40. The van der Waals surface area contributed by atoms with Crippen LogP contribution in [0.2, 0.25) is 0 Å². The Morgan fingerprint density at radius 3 is 2.65 bits per heavy atom. The molecule has 1 aliphatic rings. The summed E-state index contributed by atoms with van der Waals surface area (Å²) >= 11 is 0. The van der Waals surface area contributed by atoms with Gasteiger partial charge in [0.2, 0.25) is 0 Å². The summed E-state index contributed by atoms with van der Waals surface area (Å²) in [6.45, 7) is 6.04. The fourth-order valence-electron chi connectivity index (χ4n) is 2.74. The molecular formula is C16H27F3N6O. The van der Waals surface area contributed by atoms with Crippen LogP contribution in [0.15, 0.2) is 12.3 Å². The number of anilines is 1. The highest BCUT2D eigenvalue weighted by Crippen LogP contribution is 2.24. The highest BCUT2D eigenvalue weighted by molar-refractivity contribution is 5.88. The average molecular weight is 376 g/mol. The molecular weight excluding hydrogens is 349 g/mol. The molecule has 148 valence electrons. The Bertz CT molecular complexity index is 569. The average Bonchev–Trinajstić information content (AvgIpc) is 3.00. The van der Waals surface area contributed by atoms with Crippen molar-refractivity contribution in [3.63, 3.8) is 0 Å². The van der Waals surface area contributed by atoms with Crippen LogP contribution in [0.1, 0.15) is 20.3 Å². The first-order valence-electron chi connectivity index (χ1n) is 8.85. The molecule has 10 heteroatoms. The summed E-state index contributed by atoms with van der Waals surface area (Å²) < 4.78 is 41.6. The van der Waals surface area contributed by atoms with Gasteiger partial charge in [-0.2, -0.15) is 18.3 Å². The predicted octanol–water partition coefficient (Wildman–Crippen LogP) is 1.89. The summed E-state index contributed by atoms with van der Waals surface area (Å²) in [6.07, 6.45) is -1.72. The molecule has 1 fully saturated rings. The zero-order chi connectivity index (χ0) is 19.2. The number of amides is 2. The molecule has 2 rings (SSSR count). The molecule has 1 atom stereocenters. The molecule has 0 radical (unpaired) electrons. The molecule has 1 saturated heterocycles. The second-order valence-corrected chi connectivity index (χ2v) is 6.82. The molecule has 2 amide bonds. The first-order chi connectivity index (χ1) is 12.3. The van der Waals surface area contributed by atoms with Crippen LogP contribution in [0.25, 0.3) is 0 Å². The molecule has 26 heavy (non-hydrogen) atoms. The van der Waals surface area contributed by atoms with Gasteiger partial charge in [-0.05, 0) is 12.3 Å². The van der Waals surface area contributed by atoms with E-state index in [1.54, 1.807) is 16.9 Å². The topological polar surface area (TPSA) is 74.2 Å². The standard InChI is InChI=1S/C16H27F3N6O/c1-12(2)3-7-25-8-4-14(23-25)22-15(26)21-11-13(16(17,18)19)24-9-5-20-6-10-24/h4,8,12-13,20H,3,5-7,9-11H2,1-2H3,(H2,21,22,23,26). The number of urea groups is 1. The monoisotopic (exact) mass is 376 g/mol. The van der Waals surface area contributed by atoms with E-state index in [4.69, 9.17) is 0 Å². The van der Waals surface area contributed by atoms with Crippen LogP contribution in [-0.2, 0) is 6.54 Å². The summed E-state index contributed by atoms with van der Waals surface area (Å²) in [5.41, 5.74) is 0. The van der Waals surface area contributed by atoms with Gasteiger partial charge in [0.05, 0.1) is 0 Å². The molecule has 2 heterocycles. The van der Waals surface area contributed by atoms with Gasteiger partial charge in [0.1, 0.15) is 6.04 Å². The van der Waals surface area contributed by atoms with E-state index in [-0.39, 0.29) is 0 Å². The van der Waals surface area contributed by atoms with Crippen molar-refractivity contribution < 1.29 is 18.0 Å². The van der Waals surface area contributed by atoms with Gasteiger partial charge in [-0.25, -0.2) is 4.79 Å². The first-order valence-corrected chi connectivity index (χ1v) is 8.85. The number of nitrogens with one attached hydrogen (secondary N) is 3. The number of aryl methyl sites for hydroxylation is 1. The van der Waals surface area contributed by atoms with Crippen molar-refractivity contribution >= 4 is 11.8 Å². The summed E-state index contributed by atoms with van der Waals surface area (Å²) in [5, 5.41) is 12.0. The number of carbonyl (C=O) groups excluding carboxylic acids is 1. The van der Waals surface area contributed by atoms with E-state index in [0.29, 0.717) is 37.9 Å². The molecule has 0 aromatic carbocycles. The van der Waals surface area contributed by atoms with Crippen molar-refractivity contribution in [3.05, 3.63) is 12.3 Å². The number of aromatic nitrogens is 2. The minimum Gasteiger partial charge on any atom is -0.336 e. The number of hydrogen-bond acceptors (Lipinski definition) is 4. The van der Waals surface area contributed by atoms with Gasteiger partial charge < -0.3 is 10.6 Å². The first kappa shape index (κ1) is 20.5. The number of hydrogen-bond donors (Lipinski definition) is 3. The lowest BCUT2D eigenvalue weighted by Gasteiger charge is -2.35. The van der Waals surface area contributed by atoms with Crippen molar-refractivity contribution in [1.29, 1.82) is 0 Å². The minimum absolute atomic E-state index is 0.299. The second-order valence-electron chi connectivity index (χ2n) is 6.82. The van der Waals surface area contributed by atoms with E-state index in [2.05, 4.69) is 34.9 Å². The Labute approximate surface area is 151 Å². The van der Waals surface area contributed by atoms with Gasteiger partial charge >= 0.3 is 12.2 Å². The zero-order valence-electron chi connectivity index (χ0n) is 15.1. The lowest BCUT2D eigenvalue weighted by Crippen LogP contribution is -2.57. The summed E-state index contributed by atoms with van der Waals surface area (Å²) in [7, 11) is 0. The van der Waals surface area contributed by atoms with Gasteiger partial charge in [0.25, 0.3) is 0 Å². The van der Waals surface area contributed by atoms with Crippen LogP contribution in [-0.4, -0.2) is 65.7 Å². The number of piperazine rings is 1. The fourth-order valence-corrected chi connectivity index (χ4v) is 2.74. The third-order valence-corrected chi connectivity index (χ3v) is 4.24. The zero-order valence-corrected chi connectivity index (χ0v) is 15.1. The van der Waals surface area contributed by atoms with E-state index in [0.717, 1.165) is 13.0 Å². The summed E-state index contributed by atoms with van der Waals surface area (Å²) in [6, 6.07) is -0.764. The molecule has 0 aliphatic carbocycles. The summed E-state index contributed by atoms with van der Waals surface area (Å²) in [4.78, 5) is 13.3. The lowest BCUT2D eigenvalue weighted by molar-refractivity contribution is -0.183. The largest absolute Gasteiger partial charge is 0.405 e. The van der Waals surface area contributed by atoms with E-state index >= 15 is 0 Å². The van der Waals surface area contributed by atoms with Gasteiger partial charge in [0.15, 0.2) is 5.82 Å². The highest BCUT2D eigenvalue weighted by Gasteiger charge is 2.43. The van der Waals surface area contributed by atoms with Crippen LogP contribution in [0.4, 0.5) is 23.8 Å². The molecule has 0 bridgehead atoms. The van der Waals surface area contributed by atoms with Gasteiger partial charge in [0, 0.05) is 51.5 Å². The van der Waals surface area contributed by atoms with Crippen molar-refractivity contribution in [1.82, 2.24) is 25.3 Å². The van der Waals surface area contributed by atoms with Crippen LogP contribution >= 0.6 is 0 Å². The van der Waals surface area contributed by atoms with Crippen LogP contribution in [0.3, 0.4) is 0 Å². The molecule has 1 aliphatic heterocycles. The third kappa shape index (κ3) is 6.49. The third-order valence-electron chi connectivity index (χ3n) is 4.24.